The van der Waals surface area contributed by atoms with Gasteiger partial charge in [0.1, 0.15) is 23.6 Å². The second-order valence-electron chi connectivity index (χ2n) is 10.5. The van der Waals surface area contributed by atoms with E-state index >= 15 is 0 Å². The molecule has 5 heterocycles. The number of hydrogen-bond acceptors (Lipinski definition) is 8. The summed E-state index contributed by atoms with van der Waals surface area (Å²) >= 11 is 0. The predicted octanol–water partition coefficient (Wildman–Crippen LogP) is 4.58. The van der Waals surface area contributed by atoms with Crippen molar-refractivity contribution in [1.82, 2.24) is 29.4 Å². The molecule has 1 aliphatic heterocycles. The summed E-state index contributed by atoms with van der Waals surface area (Å²) in [5.41, 5.74) is 2.44. The third-order valence-electron chi connectivity index (χ3n) is 6.54. The highest BCUT2D eigenvalue weighted by Crippen LogP contribution is 2.38. The number of rotatable bonds is 3. The molecule has 1 saturated heterocycles. The number of carbonyl (C=O) groups excluding carboxylic acids is 1. The van der Waals surface area contributed by atoms with Crippen molar-refractivity contribution in [2.24, 2.45) is 0 Å². The Labute approximate surface area is 221 Å². The molecule has 1 fully saturated rings. The zero-order valence-corrected chi connectivity index (χ0v) is 22.2. The molecule has 0 aliphatic carbocycles. The summed E-state index contributed by atoms with van der Waals surface area (Å²) in [5.74, 6) is 1.36. The van der Waals surface area contributed by atoms with E-state index in [0.717, 1.165) is 22.3 Å². The van der Waals surface area contributed by atoms with Crippen molar-refractivity contribution in [2.75, 3.05) is 18.0 Å². The number of anilines is 1. The molecule has 0 radical (unpaired) electrons. The van der Waals surface area contributed by atoms with Crippen molar-refractivity contribution in [2.45, 2.75) is 52.3 Å². The Morgan fingerprint density at radius 2 is 1.92 bits per heavy atom. The van der Waals surface area contributed by atoms with Gasteiger partial charge in [-0.3, -0.25) is 9.55 Å². The van der Waals surface area contributed by atoms with Gasteiger partial charge < -0.3 is 14.5 Å². The first-order valence-corrected chi connectivity index (χ1v) is 12.6. The quantitative estimate of drug-likeness (QED) is 0.393. The van der Waals surface area contributed by atoms with Crippen LogP contribution in [0.25, 0.3) is 28.0 Å². The zero-order valence-electron chi connectivity index (χ0n) is 22.2. The molecule has 4 aromatic rings. The Hall–Kier alpha value is -4.52. The average molecular weight is 511 g/mol. The Morgan fingerprint density at radius 1 is 1.11 bits per heavy atom. The van der Waals surface area contributed by atoms with Crippen LogP contribution in [0.4, 0.5) is 10.6 Å². The Balaban J connectivity index is 1.61. The number of hydrogen-bond donors (Lipinski definition) is 0. The van der Waals surface area contributed by atoms with Crippen molar-refractivity contribution in [3.8, 4) is 23.0 Å². The molecule has 0 spiro atoms. The van der Waals surface area contributed by atoms with Gasteiger partial charge in [-0.2, -0.15) is 5.26 Å². The van der Waals surface area contributed by atoms with E-state index < -0.39 is 5.60 Å². The number of fused-ring (bicyclic) bond motifs is 1. The summed E-state index contributed by atoms with van der Waals surface area (Å²) in [6.07, 6.45) is 8.36. The average Bonchev–Trinajstić information content (AvgIpc) is 3.29. The van der Waals surface area contributed by atoms with Gasteiger partial charge in [-0.1, -0.05) is 6.07 Å². The summed E-state index contributed by atoms with van der Waals surface area (Å²) in [6.45, 7) is 10.8. The molecule has 1 amide bonds. The van der Waals surface area contributed by atoms with E-state index in [1.165, 1.54) is 0 Å². The molecule has 1 aliphatic rings. The van der Waals surface area contributed by atoms with Crippen molar-refractivity contribution in [3.05, 3.63) is 60.9 Å². The molecule has 2 atom stereocenters. The van der Waals surface area contributed by atoms with Gasteiger partial charge >= 0.3 is 6.09 Å². The molecule has 5 rings (SSSR count). The van der Waals surface area contributed by atoms with Gasteiger partial charge in [-0.05, 0) is 52.8 Å². The fourth-order valence-electron chi connectivity index (χ4n) is 4.80. The first kappa shape index (κ1) is 25.1. The van der Waals surface area contributed by atoms with E-state index in [1.807, 2.05) is 56.8 Å². The predicted molar refractivity (Wildman–Crippen MR) is 144 cm³/mol. The number of nitrogens with zero attached hydrogens (tertiary/aromatic N) is 8. The van der Waals surface area contributed by atoms with E-state index in [1.54, 1.807) is 35.8 Å². The fourth-order valence-corrected chi connectivity index (χ4v) is 4.80. The molecular weight excluding hydrogens is 480 g/mol. The largest absolute Gasteiger partial charge is 0.444 e. The summed E-state index contributed by atoms with van der Waals surface area (Å²) in [4.78, 5) is 35.1. The maximum atomic E-state index is 12.9. The minimum Gasteiger partial charge on any atom is -0.444 e. The van der Waals surface area contributed by atoms with E-state index in [0.29, 0.717) is 30.1 Å². The minimum absolute atomic E-state index is 0.0260. The van der Waals surface area contributed by atoms with Crippen molar-refractivity contribution in [1.29, 1.82) is 5.26 Å². The lowest BCUT2D eigenvalue weighted by Crippen LogP contribution is -2.59. The lowest BCUT2D eigenvalue weighted by Gasteiger charge is -2.44. The molecule has 4 aromatic heterocycles. The van der Waals surface area contributed by atoms with Crippen LogP contribution < -0.4 is 4.90 Å². The molecule has 0 unspecified atom stereocenters. The van der Waals surface area contributed by atoms with Gasteiger partial charge in [0.05, 0.1) is 17.0 Å². The van der Waals surface area contributed by atoms with Crippen LogP contribution in [0.15, 0.2) is 55.4 Å². The number of ether oxygens (including phenoxy) is 1. The highest BCUT2D eigenvalue weighted by atomic mass is 16.6. The number of carbonyl (C=O) groups is 1. The highest BCUT2D eigenvalue weighted by molar-refractivity contribution is 6.02. The van der Waals surface area contributed by atoms with Gasteiger partial charge in [-0.15, -0.1) is 0 Å². The molecule has 0 saturated carbocycles. The SMILES string of the molecule is C[C@@H]1CN(c2ncnc3c2c(-c2cccnc2)cn3-c2cc(C#N)ccn2)[C@@H](C)CN1C(=O)OC(C)(C)C. The second kappa shape index (κ2) is 9.74. The summed E-state index contributed by atoms with van der Waals surface area (Å²) in [6, 6.07) is 9.35. The molecule has 0 bridgehead atoms. The first-order valence-electron chi connectivity index (χ1n) is 12.6. The van der Waals surface area contributed by atoms with Gasteiger partial charge in [-0.25, -0.2) is 19.7 Å². The monoisotopic (exact) mass is 510 g/mol. The summed E-state index contributed by atoms with van der Waals surface area (Å²) in [5, 5.41) is 10.3. The number of piperazine rings is 1. The van der Waals surface area contributed by atoms with Crippen molar-refractivity contribution in [3.63, 3.8) is 0 Å². The fraction of sp³-hybridized carbons (Fsp3) is 0.357. The number of aromatic nitrogens is 5. The van der Waals surface area contributed by atoms with Crippen LogP contribution in [0.2, 0.25) is 0 Å². The summed E-state index contributed by atoms with van der Waals surface area (Å²) in [7, 11) is 0. The maximum Gasteiger partial charge on any atom is 0.410 e. The number of nitriles is 1. The highest BCUT2D eigenvalue weighted by Gasteiger charge is 2.36. The molecule has 0 aromatic carbocycles. The lowest BCUT2D eigenvalue weighted by atomic mass is 10.1. The zero-order chi connectivity index (χ0) is 27.0. The molecule has 194 valence electrons. The van der Waals surface area contributed by atoms with Crippen LogP contribution in [0.5, 0.6) is 0 Å². The van der Waals surface area contributed by atoms with Gasteiger partial charge in [0.25, 0.3) is 0 Å². The Bertz CT molecular complexity index is 1520. The van der Waals surface area contributed by atoms with Gasteiger partial charge in [0.2, 0.25) is 0 Å². The van der Waals surface area contributed by atoms with Crippen LogP contribution in [-0.4, -0.2) is 66.3 Å². The Morgan fingerprint density at radius 3 is 2.63 bits per heavy atom. The second-order valence-corrected chi connectivity index (χ2v) is 10.5. The van der Waals surface area contributed by atoms with E-state index in [-0.39, 0.29) is 18.2 Å². The standard InChI is InChI=1S/C28H30N8O2/c1-18-15-35(27(37)38-28(3,4)5)19(2)14-34(18)25-24-22(21-7-6-9-30-13-21)16-36(26(24)33-17-32-25)23-11-20(12-29)8-10-31-23/h6-11,13,16-19H,14-15H2,1-5H3/t18-,19+/m0/s1. The van der Waals surface area contributed by atoms with Crippen LogP contribution in [-0.2, 0) is 4.74 Å². The van der Waals surface area contributed by atoms with E-state index in [9.17, 15) is 10.1 Å². The topological polar surface area (TPSA) is 113 Å². The Kier molecular flexibility index (Phi) is 6.45. The molecule has 10 nitrogen and oxygen atoms in total. The molecule has 0 N–H and O–H groups in total. The normalized spacial score (nSPS) is 17.9. The van der Waals surface area contributed by atoms with Crippen molar-refractivity contribution < 1.29 is 9.53 Å². The van der Waals surface area contributed by atoms with Crippen LogP contribution in [0.3, 0.4) is 0 Å². The van der Waals surface area contributed by atoms with Crippen LogP contribution in [0, 0.1) is 11.3 Å². The van der Waals surface area contributed by atoms with Gasteiger partial charge in [0, 0.05) is 61.1 Å². The number of pyridine rings is 2. The maximum absolute atomic E-state index is 12.9. The molecule has 10 heteroatoms. The van der Waals surface area contributed by atoms with Crippen LogP contribution in [0.1, 0.15) is 40.2 Å². The van der Waals surface area contributed by atoms with E-state index in [4.69, 9.17) is 9.72 Å². The third kappa shape index (κ3) is 4.75. The summed E-state index contributed by atoms with van der Waals surface area (Å²) < 4.78 is 7.54. The third-order valence-corrected chi connectivity index (χ3v) is 6.54. The van der Waals surface area contributed by atoms with Gasteiger partial charge in [0.15, 0.2) is 5.65 Å². The number of amides is 1. The lowest BCUT2D eigenvalue weighted by molar-refractivity contribution is 0.0130. The van der Waals surface area contributed by atoms with Crippen LogP contribution >= 0.6 is 0 Å². The molecule has 38 heavy (non-hydrogen) atoms. The van der Waals surface area contributed by atoms with E-state index in [2.05, 4.69) is 32.8 Å². The molecular formula is C28H30N8O2. The smallest absolute Gasteiger partial charge is 0.410 e. The minimum atomic E-state index is -0.561. The van der Waals surface area contributed by atoms with Crippen molar-refractivity contribution >= 4 is 22.9 Å². The first-order chi connectivity index (χ1) is 18.2.